The molecule has 0 spiro atoms. The number of allylic oxidation sites excluding steroid dienone is 1. The topological polar surface area (TPSA) is 58.6 Å². The minimum Gasteiger partial charge on any atom is -0.490 e. The highest BCUT2D eigenvalue weighted by Crippen LogP contribution is 2.50. The largest absolute Gasteiger partial charge is 0.490 e. The number of Topliss-reactive ketones (excluding diaryl/α,β-unsaturated/α-hetero) is 1. The fourth-order valence-electron chi connectivity index (χ4n) is 4.76. The maximum absolute atomic E-state index is 14.0. The third kappa shape index (κ3) is 4.79. The Kier molecular flexibility index (Phi) is 6.42. The van der Waals surface area contributed by atoms with E-state index in [4.69, 9.17) is 4.74 Å². The van der Waals surface area contributed by atoms with Gasteiger partial charge in [-0.1, -0.05) is 51.1 Å². The SMILES string of the molecule is CC[C@@H](C)Oc1ccccc1[C@@H]1C2=C(CC(C)(C)CC2=O)Nc2ccccc2N1C(=O)C(F)(F)F. The third-order valence-electron chi connectivity index (χ3n) is 6.48. The van der Waals surface area contributed by atoms with Crippen molar-refractivity contribution in [2.75, 3.05) is 10.2 Å². The standard InChI is InChI=1S/C27H29F3N2O3/c1-5-16(2)35-22-13-9-6-10-17(22)24-23-19(14-26(3,4)15-21(23)33)31-18-11-7-8-12-20(18)32(24)25(34)27(28,29)30/h6-13,16,24,31H,5,14-15H2,1-4H3/t16-,24-/m1/s1. The first-order valence-corrected chi connectivity index (χ1v) is 11.7. The monoisotopic (exact) mass is 486 g/mol. The molecule has 2 aliphatic rings. The van der Waals surface area contributed by atoms with Crippen LogP contribution in [0.3, 0.4) is 0 Å². The number of ketones is 1. The summed E-state index contributed by atoms with van der Waals surface area (Å²) in [5.74, 6) is -1.99. The molecule has 0 aromatic heterocycles. The number of para-hydroxylation sites is 3. The van der Waals surface area contributed by atoms with Gasteiger partial charge in [-0.15, -0.1) is 0 Å². The minimum absolute atomic E-state index is 0.0539. The smallest absolute Gasteiger partial charge is 0.471 e. The zero-order chi connectivity index (χ0) is 25.5. The molecule has 0 saturated heterocycles. The van der Waals surface area contributed by atoms with Gasteiger partial charge < -0.3 is 10.1 Å². The number of hydrogen-bond acceptors (Lipinski definition) is 4. The first kappa shape index (κ1) is 24.8. The van der Waals surface area contributed by atoms with E-state index in [9.17, 15) is 22.8 Å². The molecule has 4 rings (SSSR count). The van der Waals surface area contributed by atoms with Crippen LogP contribution in [0.1, 0.15) is 58.6 Å². The van der Waals surface area contributed by atoms with E-state index < -0.39 is 23.5 Å². The van der Waals surface area contributed by atoms with Crippen molar-refractivity contribution in [2.45, 2.75) is 65.3 Å². The van der Waals surface area contributed by atoms with Crippen LogP contribution in [0.15, 0.2) is 59.8 Å². The Labute approximate surface area is 203 Å². The molecule has 186 valence electrons. The Hall–Kier alpha value is -3.29. The molecule has 1 aliphatic carbocycles. The molecule has 35 heavy (non-hydrogen) atoms. The molecule has 0 radical (unpaired) electrons. The average molecular weight is 487 g/mol. The van der Waals surface area contributed by atoms with E-state index in [2.05, 4.69) is 5.32 Å². The van der Waals surface area contributed by atoms with Gasteiger partial charge in [-0.3, -0.25) is 14.5 Å². The zero-order valence-electron chi connectivity index (χ0n) is 20.2. The normalized spacial score (nSPS) is 20.4. The van der Waals surface area contributed by atoms with Gasteiger partial charge in [0.25, 0.3) is 0 Å². The second kappa shape index (κ2) is 9.06. The average Bonchev–Trinajstić information content (AvgIpc) is 2.91. The Morgan fingerprint density at radius 3 is 2.49 bits per heavy atom. The zero-order valence-corrected chi connectivity index (χ0v) is 20.2. The fraction of sp³-hybridized carbons (Fsp3) is 0.407. The molecule has 1 heterocycles. The number of ether oxygens (including phenoxy) is 1. The Balaban J connectivity index is 2.04. The van der Waals surface area contributed by atoms with E-state index in [1.54, 1.807) is 42.5 Å². The lowest BCUT2D eigenvalue weighted by molar-refractivity contribution is -0.170. The van der Waals surface area contributed by atoms with Crippen molar-refractivity contribution in [2.24, 2.45) is 5.41 Å². The number of fused-ring (bicyclic) bond motifs is 1. The summed E-state index contributed by atoms with van der Waals surface area (Å²) >= 11 is 0. The molecular formula is C27H29F3N2O3. The Morgan fingerprint density at radius 2 is 1.80 bits per heavy atom. The summed E-state index contributed by atoms with van der Waals surface area (Å²) in [4.78, 5) is 27.3. The lowest BCUT2D eigenvalue weighted by Crippen LogP contribution is -2.45. The molecule has 1 amide bonds. The van der Waals surface area contributed by atoms with Crippen LogP contribution in [-0.2, 0) is 9.59 Å². The number of halogens is 3. The first-order chi connectivity index (χ1) is 16.4. The number of nitrogens with one attached hydrogen (secondary N) is 1. The second-order valence-corrected chi connectivity index (χ2v) is 9.93. The number of benzene rings is 2. The molecule has 2 atom stereocenters. The molecule has 0 saturated carbocycles. The number of alkyl halides is 3. The van der Waals surface area contributed by atoms with Gasteiger partial charge in [0.1, 0.15) is 5.75 Å². The van der Waals surface area contributed by atoms with Gasteiger partial charge in [-0.25, -0.2) is 0 Å². The van der Waals surface area contributed by atoms with Gasteiger partial charge in [-0.2, -0.15) is 13.2 Å². The first-order valence-electron chi connectivity index (χ1n) is 11.7. The lowest BCUT2D eigenvalue weighted by Gasteiger charge is -2.37. The molecule has 2 aromatic carbocycles. The predicted octanol–water partition coefficient (Wildman–Crippen LogP) is 6.57. The van der Waals surface area contributed by atoms with Crippen molar-refractivity contribution in [3.8, 4) is 5.75 Å². The summed E-state index contributed by atoms with van der Waals surface area (Å²) in [6, 6.07) is 11.7. The number of anilines is 2. The van der Waals surface area contributed by atoms with Crippen LogP contribution < -0.4 is 15.0 Å². The van der Waals surface area contributed by atoms with Crippen LogP contribution in [-0.4, -0.2) is 24.0 Å². The predicted molar refractivity (Wildman–Crippen MR) is 128 cm³/mol. The van der Waals surface area contributed by atoms with E-state index in [1.807, 2.05) is 27.7 Å². The van der Waals surface area contributed by atoms with Crippen LogP contribution in [0.2, 0.25) is 0 Å². The van der Waals surface area contributed by atoms with Gasteiger partial charge in [0.05, 0.1) is 23.5 Å². The summed E-state index contributed by atoms with van der Waals surface area (Å²) < 4.78 is 48.1. The molecule has 2 aromatic rings. The molecule has 1 aliphatic heterocycles. The van der Waals surface area contributed by atoms with Crippen LogP contribution in [0.4, 0.5) is 24.5 Å². The van der Waals surface area contributed by atoms with E-state index in [-0.39, 0.29) is 29.6 Å². The highest BCUT2D eigenvalue weighted by atomic mass is 19.4. The van der Waals surface area contributed by atoms with E-state index in [0.29, 0.717) is 40.4 Å². The number of carbonyl (C=O) groups is 2. The lowest BCUT2D eigenvalue weighted by atomic mass is 9.73. The van der Waals surface area contributed by atoms with E-state index in [1.165, 1.54) is 6.07 Å². The molecule has 0 bridgehead atoms. The summed E-state index contributed by atoms with van der Waals surface area (Å²) in [6.07, 6.45) is -4.09. The molecule has 0 fully saturated rings. The summed E-state index contributed by atoms with van der Waals surface area (Å²) in [5, 5.41) is 3.21. The Bertz CT molecular complexity index is 1190. The highest BCUT2D eigenvalue weighted by molar-refractivity contribution is 6.07. The summed E-state index contributed by atoms with van der Waals surface area (Å²) in [5.41, 5.74) is 1.03. The number of rotatable bonds is 4. The van der Waals surface area contributed by atoms with Crippen molar-refractivity contribution in [3.05, 3.63) is 65.4 Å². The molecule has 5 nitrogen and oxygen atoms in total. The molecular weight excluding hydrogens is 457 g/mol. The minimum atomic E-state index is -5.15. The van der Waals surface area contributed by atoms with Crippen molar-refractivity contribution in [1.82, 2.24) is 0 Å². The van der Waals surface area contributed by atoms with Gasteiger partial charge >= 0.3 is 12.1 Å². The number of nitrogens with zero attached hydrogens (tertiary/aromatic N) is 1. The third-order valence-corrected chi connectivity index (χ3v) is 6.48. The summed E-state index contributed by atoms with van der Waals surface area (Å²) in [7, 11) is 0. The Morgan fingerprint density at radius 1 is 1.14 bits per heavy atom. The van der Waals surface area contributed by atoms with E-state index >= 15 is 0 Å². The van der Waals surface area contributed by atoms with Gasteiger partial charge in [0.15, 0.2) is 5.78 Å². The van der Waals surface area contributed by atoms with E-state index in [0.717, 1.165) is 0 Å². The van der Waals surface area contributed by atoms with Crippen molar-refractivity contribution in [1.29, 1.82) is 0 Å². The van der Waals surface area contributed by atoms with Crippen molar-refractivity contribution < 1.29 is 27.5 Å². The fourth-order valence-corrected chi connectivity index (χ4v) is 4.76. The van der Waals surface area contributed by atoms with Crippen LogP contribution >= 0.6 is 0 Å². The molecule has 8 heteroatoms. The highest BCUT2D eigenvalue weighted by Gasteiger charge is 2.51. The number of amides is 1. The van der Waals surface area contributed by atoms with Gasteiger partial charge in [-0.05, 0) is 43.4 Å². The van der Waals surface area contributed by atoms with Gasteiger partial charge in [0.2, 0.25) is 0 Å². The maximum Gasteiger partial charge on any atom is 0.471 e. The van der Waals surface area contributed by atoms with Gasteiger partial charge in [0, 0.05) is 23.3 Å². The maximum atomic E-state index is 14.0. The quantitative estimate of drug-likeness (QED) is 0.531. The molecule has 1 N–H and O–H groups in total. The number of hydrogen-bond donors (Lipinski definition) is 1. The van der Waals surface area contributed by atoms with Crippen molar-refractivity contribution >= 4 is 23.1 Å². The summed E-state index contributed by atoms with van der Waals surface area (Å²) in [6.45, 7) is 7.69. The second-order valence-electron chi connectivity index (χ2n) is 9.93. The van der Waals surface area contributed by atoms with Crippen LogP contribution in [0, 0.1) is 5.41 Å². The molecule has 0 unspecified atom stereocenters. The van der Waals surface area contributed by atoms with Crippen LogP contribution in [0.5, 0.6) is 5.75 Å². The number of carbonyl (C=O) groups excluding carboxylic acids is 2. The van der Waals surface area contributed by atoms with Crippen LogP contribution in [0.25, 0.3) is 0 Å². The van der Waals surface area contributed by atoms with Crippen molar-refractivity contribution in [3.63, 3.8) is 0 Å².